The lowest BCUT2D eigenvalue weighted by atomic mass is 9.97. The van der Waals surface area contributed by atoms with Crippen LogP contribution in [0.5, 0.6) is 0 Å². The molecule has 0 saturated carbocycles. The fraction of sp³-hybridized carbons (Fsp3) is 0.467. The number of carbonyl (C=O) groups excluding carboxylic acids is 2. The highest BCUT2D eigenvalue weighted by atomic mass is 19.4. The molecule has 3 N–H and O–H groups in total. The van der Waals surface area contributed by atoms with Gasteiger partial charge in [0.1, 0.15) is 0 Å². The zero-order chi connectivity index (χ0) is 17.0. The van der Waals surface area contributed by atoms with Crippen molar-refractivity contribution in [3.05, 3.63) is 23.8 Å². The van der Waals surface area contributed by atoms with E-state index in [9.17, 15) is 22.8 Å². The molecule has 8 heteroatoms. The van der Waals surface area contributed by atoms with Crippen LogP contribution in [0.4, 0.5) is 24.5 Å². The van der Waals surface area contributed by atoms with Gasteiger partial charge in [0.25, 0.3) is 0 Å². The molecule has 2 amide bonds. The van der Waals surface area contributed by atoms with Crippen molar-refractivity contribution in [3.63, 3.8) is 0 Å². The largest absolute Gasteiger partial charge is 0.416 e. The van der Waals surface area contributed by atoms with E-state index in [4.69, 9.17) is 0 Å². The van der Waals surface area contributed by atoms with Gasteiger partial charge in [-0.25, -0.2) is 0 Å². The third-order valence-electron chi connectivity index (χ3n) is 3.63. The van der Waals surface area contributed by atoms with E-state index in [2.05, 4.69) is 16.0 Å². The highest BCUT2D eigenvalue weighted by Crippen LogP contribution is 2.34. The molecule has 1 heterocycles. The van der Waals surface area contributed by atoms with E-state index in [0.717, 1.165) is 18.2 Å². The molecular formula is C15H18F3N3O2. The topological polar surface area (TPSA) is 70.2 Å². The smallest absolute Gasteiger partial charge is 0.325 e. The number of carbonyl (C=O) groups is 2. The van der Waals surface area contributed by atoms with Gasteiger partial charge in [-0.05, 0) is 44.1 Å². The molecule has 126 valence electrons. The zero-order valence-corrected chi connectivity index (χ0v) is 12.6. The number of hydrogen-bond acceptors (Lipinski definition) is 3. The molecule has 0 bridgehead atoms. The van der Waals surface area contributed by atoms with Gasteiger partial charge in [-0.15, -0.1) is 0 Å². The van der Waals surface area contributed by atoms with Gasteiger partial charge in [0.05, 0.1) is 16.9 Å². The van der Waals surface area contributed by atoms with Gasteiger partial charge < -0.3 is 16.0 Å². The van der Waals surface area contributed by atoms with Crippen LogP contribution in [0, 0.1) is 5.92 Å². The number of rotatable bonds is 3. The SMILES string of the molecule is CC(=O)Nc1ccc(C(F)(F)F)cc1NC(=O)C1CCNCC1. The van der Waals surface area contributed by atoms with Crippen molar-refractivity contribution in [2.75, 3.05) is 23.7 Å². The van der Waals surface area contributed by atoms with Crippen molar-refractivity contribution in [2.24, 2.45) is 5.92 Å². The first-order chi connectivity index (χ1) is 10.8. The second-order valence-corrected chi connectivity index (χ2v) is 5.45. The zero-order valence-electron chi connectivity index (χ0n) is 12.6. The van der Waals surface area contributed by atoms with Crippen LogP contribution in [0.3, 0.4) is 0 Å². The lowest BCUT2D eigenvalue weighted by molar-refractivity contribution is -0.137. The molecule has 2 rings (SSSR count). The summed E-state index contributed by atoms with van der Waals surface area (Å²) in [7, 11) is 0. The van der Waals surface area contributed by atoms with Crippen LogP contribution in [-0.4, -0.2) is 24.9 Å². The third-order valence-corrected chi connectivity index (χ3v) is 3.63. The molecule has 1 aromatic rings. The first kappa shape index (κ1) is 17.3. The predicted molar refractivity (Wildman–Crippen MR) is 80.0 cm³/mol. The third kappa shape index (κ3) is 4.69. The summed E-state index contributed by atoms with van der Waals surface area (Å²) >= 11 is 0. The van der Waals surface area contributed by atoms with E-state index in [0.29, 0.717) is 25.9 Å². The van der Waals surface area contributed by atoms with E-state index in [1.165, 1.54) is 6.92 Å². The lowest BCUT2D eigenvalue weighted by Gasteiger charge is -2.23. The van der Waals surface area contributed by atoms with Crippen LogP contribution in [0.1, 0.15) is 25.3 Å². The minimum atomic E-state index is -4.52. The van der Waals surface area contributed by atoms with Crippen molar-refractivity contribution in [1.82, 2.24) is 5.32 Å². The molecule has 0 atom stereocenters. The number of piperidine rings is 1. The Morgan fingerprint density at radius 3 is 2.35 bits per heavy atom. The van der Waals surface area contributed by atoms with E-state index in [1.54, 1.807) is 0 Å². The summed E-state index contributed by atoms with van der Waals surface area (Å²) in [5.74, 6) is -1.02. The molecule has 0 aliphatic carbocycles. The first-order valence-electron chi connectivity index (χ1n) is 7.28. The maximum atomic E-state index is 12.8. The van der Waals surface area contributed by atoms with Crippen molar-refractivity contribution in [1.29, 1.82) is 0 Å². The second kappa shape index (κ2) is 6.99. The van der Waals surface area contributed by atoms with E-state index in [1.807, 2.05) is 0 Å². The number of benzene rings is 1. The second-order valence-electron chi connectivity index (χ2n) is 5.45. The Hall–Kier alpha value is -2.09. The van der Waals surface area contributed by atoms with Crippen LogP contribution in [0.15, 0.2) is 18.2 Å². The Labute approximate surface area is 131 Å². The minimum Gasteiger partial charge on any atom is -0.325 e. The lowest BCUT2D eigenvalue weighted by Crippen LogP contribution is -2.34. The first-order valence-corrected chi connectivity index (χ1v) is 7.28. The summed E-state index contributed by atoms with van der Waals surface area (Å²) in [6.45, 7) is 2.63. The maximum Gasteiger partial charge on any atom is 0.416 e. The molecule has 23 heavy (non-hydrogen) atoms. The van der Waals surface area contributed by atoms with E-state index < -0.39 is 17.6 Å². The Balaban J connectivity index is 2.25. The molecule has 0 spiro atoms. The van der Waals surface area contributed by atoms with Gasteiger partial charge >= 0.3 is 6.18 Å². The Kier molecular flexibility index (Phi) is 5.25. The van der Waals surface area contributed by atoms with Crippen molar-refractivity contribution in [3.8, 4) is 0 Å². The van der Waals surface area contributed by atoms with Crippen LogP contribution >= 0.6 is 0 Å². The molecule has 1 saturated heterocycles. The minimum absolute atomic E-state index is 0.0430. The highest BCUT2D eigenvalue weighted by molar-refractivity contribution is 5.99. The highest BCUT2D eigenvalue weighted by Gasteiger charge is 2.31. The average molecular weight is 329 g/mol. The molecule has 0 radical (unpaired) electrons. The van der Waals surface area contributed by atoms with Crippen molar-refractivity contribution in [2.45, 2.75) is 25.9 Å². The quantitative estimate of drug-likeness (QED) is 0.798. The average Bonchev–Trinajstić information content (AvgIpc) is 2.48. The molecule has 1 aromatic carbocycles. The number of hydrogen-bond donors (Lipinski definition) is 3. The summed E-state index contributed by atoms with van der Waals surface area (Å²) in [5, 5.41) is 8.06. The molecule has 1 aliphatic rings. The van der Waals surface area contributed by atoms with E-state index in [-0.39, 0.29) is 23.2 Å². The Bertz CT molecular complexity index is 596. The summed E-state index contributed by atoms with van der Waals surface area (Å²) in [5.41, 5.74) is -0.779. The van der Waals surface area contributed by atoms with Gasteiger partial charge in [0.15, 0.2) is 0 Å². The number of nitrogens with one attached hydrogen (secondary N) is 3. The Morgan fingerprint density at radius 1 is 1.13 bits per heavy atom. The molecular weight excluding hydrogens is 311 g/mol. The van der Waals surface area contributed by atoms with Gasteiger partial charge in [-0.3, -0.25) is 9.59 Å². The molecule has 5 nitrogen and oxygen atoms in total. The number of amides is 2. The molecule has 1 fully saturated rings. The summed E-state index contributed by atoms with van der Waals surface area (Å²) < 4.78 is 38.5. The number of halogens is 3. The number of alkyl halides is 3. The summed E-state index contributed by atoms with van der Waals surface area (Å²) in [4.78, 5) is 23.4. The molecule has 1 aliphatic heterocycles. The van der Waals surface area contributed by atoms with Crippen LogP contribution < -0.4 is 16.0 Å². The number of anilines is 2. The normalized spacial score (nSPS) is 16.0. The fourth-order valence-corrected chi connectivity index (χ4v) is 2.44. The monoisotopic (exact) mass is 329 g/mol. The van der Waals surface area contributed by atoms with Gasteiger partial charge in [0, 0.05) is 12.8 Å². The van der Waals surface area contributed by atoms with Crippen molar-refractivity contribution >= 4 is 23.2 Å². The van der Waals surface area contributed by atoms with Gasteiger partial charge in [-0.1, -0.05) is 0 Å². The van der Waals surface area contributed by atoms with Crippen LogP contribution in [0.2, 0.25) is 0 Å². The van der Waals surface area contributed by atoms with Crippen molar-refractivity contribution < 1.29 is 22.8 Å². The van der Waals surface area contributed by atoms with Gasteiger partial charge in [-0.2, -0.15) is 13.2 Å². The summed E-state index contributed by atoms with van der Waals surface area (Å²) in [6, 6.07) is 2.85. The summed E-state index contributed by atoms with van der Waals surface area (Å²) in [6.07, 6.45) is -3.27. The maximum absolute atomic E-state index is 12.8. The Morgan fingerprint density at radius 2 is 1.78 bits per heavy atom. The molecule has 0 unspecified atom stereocenters. The molecule has 0 aromatic heterocycles. The van der Waals surface area contributed by atoms with Crippen LogP contribution in [0.25, 0.3) is 0 Å². The van der Waals surface area contributed by atoms with Crippen LogP contribution in [-0.2, 0) is 15.8 Å². The predicted octanol–water partition coefficient (Wildman–Crippen LogP) is 2.60. The standard InChI is InChI=1S/C15H18F3N3O2/c1-9(22)20-12-3-2-11(15(16,17)18)8-13(12)21-14(23)10-4-6-19-7-5-10/h2-3,8,10,19H,4-7H2,1H3,(H,20,22)(H,21,23). The van der Waals surface area contributed by atoms with E-state index >= 15 is 0 Å². The van der Waals surface area contributed by atoms with Gasteiger partial charge in [0.2, 0.25) is 11.8 Å². The fourth-order valence-electron chi connectivity index (χ4n) is 2.44.